The van der Waals surface area contributed by atoms with Gasteiger partial charge in [-0.05, 0) is 44.6 Å². The zero-order valence-corrected chi connectivity index (χ0v) is 52.0. The molecule has 0 aromatic carbocycles. The molecular weight excluding hydrogens is 947 g/mol. The molecule has 0 aliphatic carbocycles. The molecule has 0 aromatic heterocycles. The average Bonchev–Trinajstić information content (AvgIpc) is 3.42. The van der Waals surface area contributed by atoms with E-state index in [1.807, 2.05) is 16.8 Å². The number of carbonyl (C=O) groups excluding carboxylic acids is 4. The van der Waals surface area contributed by atoms with Gasteiger partial charge in [-0.25, -0.2) is 0 Å². The largest absolute Gasteiger partial charge is 0.383 e. The average molecular weight is 1080 g/mol. The molecule has 4 atom stereocenters. The SMILES string of the molecule is CCCCCCCCCCCCCCCCCC(=O)N(CCOC)C(C(=O)NCCN(C)CCNC(=O)C(C(CC)CCCC)N(CCOC)C(=O)CCCCCCCCCCCCCCCCC)C(CC)CCCC. The van der Waals surface area contributed by atoms with Crippen molar-refractivity contribution in [3.8, 4) is 0 Å². The second kappa shape index (κ2) is 54.7. The molecule has 0 fully saturated rings. The van der Waals surface area contributed by atoms with Gasteiger partial charge in [0.2, 0.25) is 23.6 Å². The number of likely N-dealkylation sites (N-methyl/N-ethyl adjacent to an activating group) is 1. The maximum absolute atomic E-state index is 14.3. The van der Waals surface area contributed by atoms with Crippen LogP contribution in [-0.2, 0) is 28.7 Å². The van der Waals surface area contributed by atoms with Crippen molar-refractivity contribution in [2.75, 3.05) is 73.7 Å². The molecule has 0 saturated heterocycles. The van der Waals surface area contributed by atoms with Gasteiger partial charge in [-0.2, -0.15) is 0 Å². The highest BCUT2D eigenvalue weighted by Crippen LogP contribution is 2.26. The minimum atomic E-state index is -0.542. The van der Waals surface area contributed by atoms with Crippen LogP contribution in [-0.4, -0.2) is 124 Å². The van der Waals surface area contributed by atoms with E-state index in [9.17, 15) is 19.2 Å². The lowest BCUT2D eigenvalue weighted by Crippen LogP contribution is -2.55. The number of ether oxygens (including phenoxy) is 2. The molecule has 0 radical (unpaired) electrons. The lowest BCUT2D eigenvalue weighted by atomic mass is 9.89. The van der Waals surface area contributed by atoms with Crippen LogP contribution in [0.4, 0.5) is 0 Å². The Morgan fingerprint density at radius 1 is 0.368 bits per heavy atom. The van der Waals surface area contributed by atoms with Crippen LogP contribution in [0.3, 0.4) is 0 Å². The molecule has 0 heterocycles. The van der Waals surface area contributed by atoms with Crippen molar-refractivity contribution < 1.29 is 28.7 Å². The van der Waals surface area contributed by atoms with Crippen molar-refractivity contribution in [2.45, 2.75) is 310 Å². The van der Waals surface area contributed by atoms with Crippen molar-refractivity contribution in [1.82, 2.24) is 25.3 Å². The fourth-order valence-electron chi connectivity index (χ4n) is 11.2. The first-order chi connectivity index (χ1) is 37.1. The molecule has 0 aliphatic rings. The second-order valence-electron chi connectivity index (χ2n) is 23.0. The molecule has 0 aromatic rings. The van der Waals surface area contributed by atoms with E-state index in [2.05, 4.69) is 57.1 Å². The summed E-state index contributed by atoms with van der Waals surface area (Å²) in [7, 11) is 5.33. The Morgan fingerprint density at radius 3 is 0.882 bits per heavy atom. The molecule has 76 heavy (non-hydrogen) atoms. The van der Waals surface area contributed by atoms with Crippen LogP contribution in [0.25, 0.3) is 0 Å². The van der Waals surface area contributed by atoms with E-state index in [0.29, 0.717) is 65.3 Å². The second-order valence-corrected chi connectivity index (χ2v) is 23.0. The molecule has 0 saturated carbocycles. The topological polar surface area (TPSA) is 121 Å². The number of nitrogens with one attached hydrogen (secondary N) is 2. The summed E-state index contributed by atoms with van der Waals surface area (Å²) in [6.07, 6.45) is 46.9. The van der Waals surface area contributed by atoms with E-state index in [0.717, 1.165) is 89.9 Å². The monoisotopic (exact) mass is 1080 g/mol. The van der Waals surface area contributed by atoms with Gasteiger partial charge in [-0.3, -0.25) is 19.2 Å². The van der Waals surface area contributed by atoms with Gasteiger partial charge in [0.05, 0.1) is 13.2 Å². The molecule has 0 rings (SSSR count). The molecule has 11 nitrogen and oxygen atoms in total. The third-order valence-electron chi connectivity index (χ3n) is 16.3. The van der Waals surface area contributed by atoms with E-state index in [1.165, 1.54) is 154 Å². The number of methoxy groups -OCH3 is 2. The summed E-state index contributed by atoms with van der Waals surface area (Å²) in [4.78, 5) is 62.5. The Kier molecular flexibility index (Phi) is 53.1. The van der Waals surface area contributed by atoms with Gasteiger partial charge in [0.25, 0.3) is 0 Å². The third kappa shape index (κ3) is 39.2. The van der Waals surface area contributed by atoms with Gasteiger partial charge >= 0.3 is 0 Å². The summed E-state index contributed by atoms with van der Waals surface area (Å²) in [6, 6.07) is -1.08. The van der Waals surface area contributed by atoms with Crippen LogP contribution in [0.2, 0.25) is 0 Å². The Balaban J connectivity index is 5.35. The molecule has 11 heteroatoms. The molecule has 4 amide bonds. The summed E-state index contributed by atoms with van der Waals surface area (Å²) in [6.45, 7) is 16.9. The van der Waals surface area contributed by atoms with Gasteiger partial charge < -0.3 is 34.8 Å². The smallest absolute Gasteiger partial charge is 0.243 e. The van der Waals surface area contributed by atoms with E-state index >= 15 is 0 Å². The summed E-state index contributed by atoms with van der Waals surface area (Å²) in [5.41, 5.74) is 0. The molecule has 2 N–H and O–H groups in total. The van der Waals surface area contributed by atoms with Crippen LogP contribution in [0.5, 0.6) is 0 Å². The van der Waals surface area contributed by atoms with Gasteiger partial charge in [0, 0.05) is 66.3 Å². The highest BCUT2D eigenvalue weighted by atomic mass is 16.5. The Labute approximate surface area is 471 Å². The number of hydrogen-bond acceptors (Lipinski definition) is 7. The first-order valence-electron chi connectivity index (χ1n) is 32.9. The van der Waals surface area contributed by atoms with Crippen LogP contribution in [0.1, 0.15) is 298 Å². The van der Waals surface area contributed by atoms with Crippen molar-refractivity contribution >= 4 is 23.6 Å². The number of carbonyl (C=O) groups is 4. The zero-order valence-electron chi connectivity index (χ0n) is 52.0. The summed E-state index contributed by atoms with van der Waals surface area (Å²) < 4.78 is 11.0. The van der Waals surface area contributed by atoms with Crippen LogP contribution in [0, 0.1) is 11.8 Å². The Hall–Kier alpha value is -2.24. The van der Waals surface area contributed by atoms with Crippen LogP contribution < -0.4 is 10.6 Å². The Morgan fingerprint density at radius 2 is 0.632 bits per heavy atom. The van der Waals surface area contributed by atoms with Gasteiger partial charge in [0.15, 0.2) is 0 Å². The fraction of sp³-hybridized carbons (Fsp3) is 0.938. The molecule has 4 unspecified atom stereocenters. The molecule has 0 spiro atoms. The maximum atomic E-state index is 14.3. The number of unbranched alkanes of at least 4 members (excludes halogenated alkanes) is 30. The summed E-state index contributed by atoms with van der Waals surface area (Å²) >= 11 is 0. The first kappa shape index (κ1) is 73.8. The lowest BCUT2D eigenvalue weighted by Gasteiger charge is -2.36. The minimum absolute atomic E-state index is 0.0560. The third-order valence-corrected chi connectivity index (χ3v) is 16.3. The van der Waals surface area contributed by atoms with Crippen molar-refractivity contribution in [3.63, 3.8) is 0 Å². The molecule has 0 aliphatic heterocycles. The quantitative estimate of drug-likeness (QED) is 0.0582. The predicted octanol–water partition coefficient (Wildman–Crippen LogP) is 15.8. The minimum Gasteiger partial charge on any atom is -0.383 e. The number of rotatable bonds is 58. The normalized spacial score (nSPS) is 13.2. The molecule has 0 bridgehead atoms. The lowest BCUT2D eigenvalue weighted by molar-refractivity contribution is -0.143. The van der Waals surface area contributed by atoms with Gasteiger partial charge in [0.1, 0.15) is 12.1 Å². The number of nitrogens with zero attached hydrogens (tertiary/aromatic N) is 3. The Bertz CT molecular complexity index is 1220. The molecule has 450 valence electrons. The van der Waals surface area contributed by atoms with Crippen molar-refractivity contribution in [1.29, 1.82) is 0 Å². The highest BCUT2D eigenvalue weighted by Gasteiger charge is 2.36. The highest BCUT2D eigenvalue weighted by molar-refractivity contribution is 5.88. The van der Waals surface area contributed by atoms with Crippen LogP contribution in [0.15, 0.2) is 0 Å². The van der Waals surface area contributed by atoms with E-state index < -0.39 is 12.1 Å². The van der Waals surface area contributed by atoms with E-state index in [4.69, 9.17) is 9.47 Å². The maximum Gasteiger partial charge on any atom is 0.243 e. The first-order valence-corrected chi connectivity index (χ1v) is 32.9. The number of hydrogen-bond donors (Lipinski definition) is 2. The number of amides is 4. The molecular formula is C65H129N5O6. The van der Waals surface area contributed by atoms with E-state index in [-0.39, 0.29) is 35.5 Å². The summed E-state index contributed by atoms with van der Waals surface area (Å²) in [5.74, 6) is 0.0615. The van der Waals surface area contributed by atoms with E-state index in [1.54, 1.807) is 14.2 Å². The summed E-state index contributed by atoms with van der Waals surface area (Å²) in [5, 5.41) is 6.47. The van der Waals surface area contributed by atoms with Gasteiger partial charge in [-0.1, -0.05) is 260 Å². The van der Waals surface area contributed by atoms with Crippen molar-refractivity contribution in [2.24, 2.45) is 11.8 Å². The van der Waals surface area contributed by atoms with Crippen LogP contribution >= 0.6 is 0 Å². The standard InChI is InChI=1S/C65H129N5O6/c1-10-16-20-22-24-26-28-30-32-34-36-38-40-42-44-48-60(71)69(54-56-75-8)62(58(14-5)46-18-12-3)64(73)66-50-52-68(7)53-51-67-65(74)63(59(15-6)47-19-13-4)70(55-57-76-9)61(72)49-45-43-41-39-37-35-33-31-29-27-25-23-21-17-11-2/h58-59,62-63H,10-57H2,1-9H3,(H,66,73)(H,67,74). The predicted molar refractivity (Wildman–Crippen MR) is 324 cm³/mol. The van der Waals surface area contributed by atoms with Crippen molar-refractivity contribution in [3.05, 3.63) is 0 Å². The fourth-order valence-corrected chi connectivity index (χ4v) is 11.2. The van der Waals surface area contributed by atoms with Gasteiger partial charge in [-0.15, -0.1) is 0 Å². The zero-order chi connectivity index (χ0) is 56.1.